The molecule has 0 fully saturated rings. The monoisotopic (exact) mass is 294 g/mol. The minimum atomic E-state index is -0.0118. The van der Waals surface area contributed by atoms with E-state index in [0.29, 0.717) is 11.3 Å². The number of anilines is 1. The molecular formula is C18H18N2O2. The average Bonchev–Trinajstić information content (AvgIpc) is 2.92. The molecule has 0 atom stereocenters. The zero-order valence-corrected chi connectivity index (χ0v) is 13.0. The van der Waals surface area contributed by atoms with Gasteiger partial charge in [0.05, 0.1) is 6.42 Å². The normalized spacial score (nSPS) is 10.9. The maximum absolute atomic E-state index is 12.5. The minimum absolute atomic E-state index is 0.0118. The lowest BCUT2D eigenvalue weighted by Gasteiger charge is -2.18. The first-order valence-electron chi connectivity index (χ1n) is 7.23. The number of aryl methyl sites for hydroxylation is 2. The van der Waals surface area contributed by atoms with E-state index >= 15 is 0 Å². The van der Waals surface area contributed by atoms with Crippen LogP contribution in [0.15, 0.2) is 47.0 Å². The van der Waals surface area contributed by atoms with E-state index in [-0.39, 0.29) is 12.3 Å². The molecule has 4 nitrogen and oxygen atoms in total. The van der Waals surface area contributed by atoms with E-state index in [2.05, 4.69) is 12.1 Å². The second-order valence-electron chi connectivity index (χ2n) is 5.52. The van der Waals surface area contributed by atoms with Gasteiger partial charge in [0, 0.05) is 18.1 Å². The molecule has 0 aliphatic rings. The molecule has 3 rings (SSSR count). The Kier molecular flexibility index (Phi) is 3.67. The summed E-state index contributed by atoms with van der Waals surface area (Å²) in [6.07, 6.45) is 0.223. The van der Waals surface area contributed by atoms with Crippen LogP contribution in [0.25, 0.3) is 11.0 Å². The highest BCUT2D eigenvalue weighted by Crippen LogP contribution is 2.21. The number of para-hydroxylation sites is 1. The second-order valence-corrected chi connectivity index (χ2v) is 5.52. The van der Waals surface area contributed by atoms with E-state index in [9.17, 15) is 4.79 Å². The van der Waals surface area contributed by atoms with Gasteiger partial charge in [-0.05, 0) is 49.2 Å². The number of carbonyl (C=O) groups excluding carboxylic acids is 1. The van der Waals surface area contributed by atoms with Crippen LogP contribution in [0.1, 0.15) is 16.8 Å². The third-order valence-electron chi connectivity index (χ3n) is 4.02. The number of carbonyl (C=O) groups is 1. The predicted molar refractivity (Wildman–Crippen MR) is 87.0 cm³/mol. The summed E-state index contributed by atoms with van der Waals surface area (Å²) >= 11 is 0. The number of hydrogen-bond donors (Lipinski definition) is 0. The molecule has 0 spiro atoms. The van der Waals surface area contributed by atoms with Crippen LogP contribution in [0, 0.1) is 13.8 Å². The highest BCUT2D eigenvalue weighted by Gasteiger charge is 2.16. The molecule has 2 aromatic carbocycles. The van der Waals surface area contributed by atoms with Crippen molar-refractivity contribution in [3.05, 3.63) is 59.3 Å². The first kappa shape index (κ1) is 14.3. The zero-order chi connectivity index (χ0) is 15.7. The van der Waals surface area contributed by atoms with Crippen LogP contribution in [0.3, 0.4) is 0 Å². The van der Waals surface area contributed by atoms with Crippen LogP contribution in [0.4, 0.5) is 5.69 Å². The van der Waals surface area contributed by atoms with Gasteiger partial charge < -0.3 is 9.42 Å². The van der Waals surface area contributed by atoms with Crippen molar-refractivity contribution in [2.24, 2.45) is 0 Å². The fraction of sp³-hybridized carbons (Fsp3) is 0.222. The van der Waals surface area contributed by atoms with Gasteiger partial charge in [0.15, 0.2) is 5.58 Å². The fourth-order valence-corrected chi connectivity index (χ4v) is 2.41. The Morgan fingerprint density at radius 2 is 1.91 bits per heavy atom. The number of likely N-dealkylation sites (N-methyl/N-ethyl adjacent to an activating group) is 1. The zero-order valence-electron chi connectivity index (χ0n) is 13.0. The number of benzene rings is 2. The molecule has 4 heteroatoms. The Labute approximate surface area is 129 Å². The summed E-state index contributed by atoms with van der Waals surface area (Å²) in [5, 5.41) is 4.91. The summed E-state index contributed by atoms with van der Waals surface area (Å²) in [6, 6.07) is 13.6. The van der Waals surface area contributed by atoms with Crippen LogP contribution in [0.5, 0.6) is 0 Å². The summed E-state index contributed by atoms with van der Waals surface area (Å²) < 4.78 is 5.25. The van der Waals surface area contributed by atoms with Crippen molar-refractivity contribution in [2.75, 3.05) is 11.9 Å². The summed E-state index contributed by atoms with van der Waals surface area (Å²) in [5.41, 5.74) is 4.66. The summed E-state index contributed by atoms with van der Waals surface area (Å²) in [6.45, 7) is 4.10. The molecular weight excluding hydrogens is 276 g/mol. The van der Waals surface area contributed by atoms with Crippen LogP contribution in [-0.4, -0.2) is 18.1 Å². The molecule has 0 aliphatic carbocycles. The van der Waals surface area contributed by atoms with Crippen LogP contribution >= 0.6 is 0 Å². The molecule has 0 saturated carbocycles. The second kappa shape index (κ2) is 5.64. The molecule has 1 amide bonds. The van der Waals surface area contributed by atoms with Crippen molar-refractivity contribution in [3.63, 3.8) is 0 Å². The van der Waals surface area contributed by atoms with E-state index in [0.717, 1.165) is 11.1 Å². The Hall–Kier alpha value is -2.62. The van der Waals surface area contributed by atoms with E-state index in [1.165, 1.54) is 11.1 Å². The lowest BCUT2D eigenvalue weighted by molar-refractivity contribution is -0.117. The Morgan fingerprint density at radius 1 is 1.14 bits per heavy atom. The van der Waals surface area contributed by atoms with E-state index in [4.69, 9.17) is 4.52 Å². The molecule has 0 radical (unpaired) electrons. The number of nitrogens with zero attached hydrogens (tertiary/aromatic N) is 2. The Bertz CT molecular complexity index is 836. The molecule has 1 heterocycles. The molecule has 3 aromatic rings. The first-order valence-corrected chi connectivity index (χ1v) is 7.23. The van der Waals surface area contributed by atoms with E-state index in [1.54, 1.807) is 11.9 Å². The van der Waals surface area contributed by atoms with Crippen LogP contribution < -0.4 is 4.90 Å². The van der Waals surface area contributed by atoms with Crippen LogP contribution in [0.2, 0.25) is 0 Å². The lowest BCUT2D eigenvalue weighted by atomic mass is 10.1. The van der Waals surface area contributed by atoms with Gasteiger partial charge in [0.2, 0.25) is 5.91 Å². The number of hydrogen-bond acceptors (Lipinski definition) is 3. The van der Waals surface area contributed by atoms with Crippen molar-refractivity contribution in [1.82, 2.24) is 5.16 Å². The third-order valence-corrected chi connectivity index (χ3v) is 4.02. The minimum Gasteiger partial charge on any atom is -0.356 e. The van der Waals surface area contributed by atoms with Gasteiger partial charge in [0.1, 0.15) is 5.69 Å². The summed E-state index contributed by atoms with van der Waals surface area (Å²) in [4.78, 5) is 14.2. The van der Waals surface area contributed by atoms with Gasteiger partial charge in [-0.25, -0.2) is 0 Å². The number of amides is 1. The SMILES string of the molecule is Cc1ccc(N(C)C(=O)Cc2noc3ccccc23)cc1C. The van der Waals surface area contributed by atoms with Gasteiger partial charge in [-0.2, -0.15) is 0 Å². The van der Waals surface area contributed by atoms with Gasteiger partial charge in [-0.3, -0.25) is 4.79 Å². The lowest BCUT2D eigenvalue weighted by Crippen LogP contribution is -2.28. The average molecular weight is 294 g/mol. The van der Waals surface area contributed by atoms with Gasteiger partial charge >= 0.3 is 0 Å². The quantitative estimate of drug-likeness (QED) is 0.740. The number of aromatic nitrogens is 1. The smallest absolute Gasteiger partial charge is 0.232 e. The maximum Gasteiger partial charge on any atom is 0.232 e. The molecule has 0 saturated heterocycles. The maximum atomic E-state index is 12.5. The van der Waals surface area contributed by atoms with Crippen molar-refractivity contribution in [2.45, 2.75) is 20.3 Å². The predicted octanol–water partition coefficient (Wildman–Crippen LogP) is 3.65. The molecule has 0 aliphatic heterocycles. The van der Waals surface area contributed by atoms with E-state index < -0.39 is 0 Å². The van der Waals surface area contributed by atoms with Gasteiger partial charge in [-0.15, -0.1) is 0 Å². The van der Waals surface area contributed by atoms with Crippen molar-refractivity contribution < 1.29 is 9.32 Å². The van der Waals surface area contributed by atoms with Crippen molar-refractivity contribution in [3.8, 4) is 0 Å². The first-order chi connectivity index (χ1) is 10.6. The molecule has 0 N–H and O–H groups in total. The largest absolute Gasteiger partial charge is 0.356 e. The van der Waals surface area contributed by atoms with Crippen LogP contribution in [-0.2, 0) is 11.2 Å². The van der Waals surface area contributed by atoms with Gasteiger partial charge in [-0.1, -0.05) is 23.4 Å². The molecule has 1 aromatic heterocycles. The topological polar surface area (TPSA) is 46.3 Å². The summed E-state index contributed by atoms with van der Waals surface area (Å²) in [7, 11) is 1.79. The standard InChI is InChI=1S/C18H18N2O2/c1-12-8-9-14(10-13(12)2)20(3)18(21)11-16-15-6-4-5-7-17(15)22-19-16/h4-10H,11H2,1-3H3. The highest BCUT2D eigenvalue weighted by atomic mass is 16.5. The van der Waals surface area contributed by atoms with Crippen molar-refractivity contribution >= 4 is 22.6 Å². The van der Waals surface area contributed by atoms with E-state index in [1.807, 2.05) is 49.4 Å². The Balaban J connectivity index is 1.83. The number of rotatable bonds is 3. The molecule has 0 unspecified atom stereocenters. The Morgan fingerprint density at radius 3 is 2.68 bits per heavy atom. The molecule has 112 valence electrons. The number of fused-ring (bicyclic) bond motifs is 1. The summed E-state index contributed by atoms with van der Waals surface area (Å²) in [5.74, 6) is -0.0118. The van der Waals surface area contributed by atoms with Crippen molar-refractivity contribution in [1.29, 1.82) is 0 Å². The molecule has 0 bridgehead atoms. The highest BCUT2D eigenvalue weighted by molar-refractivity contribution is 5.96. The third kappa shape index (κ3) is 2.60. The molecule has 22 heavy (non-hydrogen) atoms. The van der Waals surface area contributed by atoms with Gasteiger partial charge in [0.25, 0.3) is 0 Å². The fourth-order valence-electron chi connectivity index (χ4n) is 2.41.